The Morgan fingerprint density at radius 2 is 1.61 bits per heavy atom. The molecule has 1 heterocycles. The molecule has 1 saturated heterocycles. The second-order valence-electron chi connectivity index (χ2n) is 6.77. The number of piperazine rings is 1. The minimum Gasteiger partial charge on any atom is -0.489 e. The topological polar surface area (TPSA) is 24.5 Å². The van der Waals surface area contributed by atoms with Crippen LogP contribution in [0.4, 0.5) is 13.2 Å². The molecule has 0 spiro atoms. The van der Waals surface area contributed by atoms with Crippen molar-refractivity contribution in [2.24, 2.45) is 0 Å². The first-order valence-electron chi connectivity index (χ1n) is 9.30. The molecular formula is C21H26ClF3N2O. The van der Waals surface area contributed by atoms with Gasteiger partial charge in [0.15, 0.2) is 0 Å². The number of alkyl halides is 3. The van der Waals surface area contributed by atoms with Crippen LogP contribution < -0.4 is 10.1 Å². The van der Waals surface area contributed by atoms with Crippen molar-refractivity contribution in [3.63, 3.8) is 0 Å². The van der Waals surface area contributed by atoms with Gasteiger partial charge >= 0.3 is 6.18 Å². The molecule has 2 aromatic rings. The van der Waals surface area contributed by atoms with Crippen LogP contribution in [-0.2, 0) is 6.61 Å². The van der Waals surface area contributed by atoms with Crippen molar-refractivity contribution in [2.75, 3.05) is 26.2 Å². The van der Waals surface area contributed by atoms with Gasteiger partial charge in [-0.3, -0.25) is 4.90 Å². The Balaban J connectivity index is 0.00000280. The van der Waals surface area contributed by atoms with Crippen molar-refractivity contribution in [3.8, 4) is 5.75 Å². The molecule has 1 aliphatic rings. The first kappa shape index (κ1) is 22.5. The lowest BCUT2D eigenvalue weighted by molar-refractivity contribution is -0.138. The van der Waals surface area contributed by atoms with E-state index in [9.17, 15) is 13.2 Å². The molecule has 7 heteroatoms. The number of para-hydroxylation sites is 1. The van der Waals surface area contributed by atoms with Crippen molar-refractivity contribution >= 4 is 12.4 Å². The van der Waals surface area contributed by atoms with Crippen molar-refractivity contribution in [1.82, 2.24) is 10.2 Å². The van der Waals surface area contributed by atoms with Gasteiger partial charge < -0.3 is 10.1 Å². The highest BCUT2D eigenvalue weighted by Crippen LogP contribution is 2.36. The molecule has 0 radical (unpaired) electrons. The molecule has 154 valence electrons. The van der Waals surface area contributed by atoms with Crippen molar-refractivity contribution in [1.29, 1.82) is 0 Å². The third-order valence-electron chi connectivity index (χ3n) is 4.81. The van der Waals surface area contributed by atoms with E-state index in [-0.39, 0.29) is 24.9 Å². The second kappa shape index (κ2) is 10.7. The van der Waals surface area contributed by atoms with E-state index in [4.69, 9.17) is 4.74 Å². The lowest BCUT2D eigenvalue weighted by atomic mass is 9.98. The first-order valence-corrected chi connectivity index (χ1v) is 9.30. The fraction of sp³-hybridized carbons (Fsp3) is 0.429. The van der Waals surface area contributed by atoms with Crippen LogP contribution in [0.15, 0.2) is 54.6 Å². The number of hydrogen-bond acceptors (Lipinski definition) is 3. The summed E-state index contributed by atoms with van der Waals surface area (Å²) in [6.07, 6.45) is -4.92. The summed E-state index contributed by atoms with van der Waals surface area (Å²) in [7, 11) is 0. The van der Waals surface area contributed by atoms with Crippen molar-refractivity contribution in [3.05, 3.63) is 65.7 Å². The van der Waals surface area contributed by atoms with Crippen LogP contribution >= 0.6 is 12.4 Å². The van der Waals surface area contributed by atoms with Crippen LogP contribution in [-0.4, -0.2) is 37.3 Å². The van der Waals surface area contributed by atoms with Gasteiger partial charge in [-0.05, 0) is 18.1 Å². The molecular weight excluding hydrogens is 389 g/mol. The fourth-order valence-corrected chi connectivity index (χ4v) is 3.45. The predicted octanol–water partition coefficient (Wildman–Crippen LogP) is 4.98. The highest BCUT2D eigenvalue weighted by atomic mass is 35.5. The number of halogens is 4. The largest absolute Gasteiger partial charge is 0.489 e. The Hall–Kier alpha value is -1.76. The fourth-order valence-electron chi connectivity index (χ4n) is 3.45. The normalized spacial score (nSPS) is 16.2. The average molecular weight is 415 g/mol. The van der Waals surface area contributed by atoms with Gasteiger partial charge in [-0.1, -0.05) is 48.5 Å². The lowest BCUT2D eigenvalue weighted by Gasteiger charge is -2.36. The Labute approximate surface area is 170 Å². The number of nitrogens with one attached hydrogen (secondary N) is 1. The van der Waals surface area contributed by atoms with Gasteiger partial charge in [0.2, 0.25) is 0 Å². The minimum atomic E-state index is -4.16. The summed E-state index contributed by atoms with van der Waals surface area (Å²) in [4.78, 5) is 2.13. The maximum Gasteiger partial charge on any atom is 0.389 e. The summed E-state index contributed by atoms with van der Waals surface area (Å²) >= 11 is 0. The van der Waals surface area contributed by atoms with E-state index < -0.39 is 12.6 Å². The van der Waals surface area contributed by atoms with Crippen LogP contribution in [0.2, 0.25) is 0 Å². The minimum absolute atomic E-state index is 0. The smallest absolute Gasteiger partial charge is 0.389 e. The van der Waals surface area contributed by atoms with Gasteiger partial charge in [-0.25, -0.2) is 0 Å². The Morgan fingerprint density at radius 3 is 2.29 bits per heavy atom. The number of rotatable bonds is 7. The first-order chi connectivity index (χ1) is 13.0. The number of benzene rings is 2. The molecule has 0 aliphatic carbocycles. The molecule has 1 aliphatic heterocycles. The molecule has 0 aromatic heterocycles. The summed E-state index contributed by atoms with van der Waals surface area (Å²) < 4.78 is 44.7. The van der Waals surface area contributed by atoms with E-state index in [1.165, 1.54) is 0 Å². The maximum atomic E-state index is 12.9. The monoisotopic (exact) mass is 414 g/mol. The summed E-state index contributed by atoms with van der Waals surface area (Å²) in [5.41, 5.74) is 1.86. The van der Waals surface area contributed by atoms with Gasteiger partial charge in [0.05, 0.1) is 0 Å². The summed E-state index contributed by atoms with van der Waals surface area (Å²) in [6, 6.07) is 16.9. The van der Waals surface area contributed by atoms with Gasteiger partial charge in [-0.2, -0.15) is 13.2 Å². The highest BCUT2D eigenvalue weighted by molar-refractivity contribution is 5.85. The molecule has 28 heavy (non-hydrogen) atoms. The molecule has 0 unspecified atom stereocenters. The highest BCUT2D eigenvalue weighted by Gasteiger charge is 2.32. The molecule has 0 amide bonds. The van der Waals surface area contributed by atoms with E-state index in [1.54, 1.807) is 0 Å². The van der Waals surface area contributed by atoms with Gasteiger partial charge in [0.25, 0.3) is 0 Å². The maximum absolute atomic E-state index is 12.9. The van der Waals surface area contributed by atoms with E-state index in [0.717, 1.165) is 37.3 Å². The molecule has 1 fully saturated rings. The third-order valence-corrected chi connectivity index (χ3v) is 4.81. The molecule has 0 saturated carbocycles. The predicted molar refractivity (Wildman–Crippen MR) is 107 cm³/mol. The zero-order valence-corrected chi connectivity index (χ0v) is 16.4. The summed E-state index contributed by atoms with van der Waals surface area (Å²) in [5, 5.41) is 3.26. The molecule has 3 rings (SSSR count). The Bertz CT molecular complexity index is 706. The van der Waals surface area contributed by atoms with E-state index >= 15 is 0 Å². The quantitative estimate of drug-likeness (QED) is 0.691. The summed E-state index contributed by atoms with van der Waals surface area (Å²) in [5.74, 6) is 0.659. The number of ether oxygens (including phenoxy) is 1. The lowest BCUT2D eigenvalue weighted by Crippen LogP contribution is -2.45. The summed E-state index contributed by atoms with van der Waals surface area (Å²) in [6.45, 7) is 3.43. The van der Waals surface area contributed by atoms with Crippen LogP contribution in [0.25, 0.3) is 0 Å². The van der Waals surface area contributed by atoms with Gasteiger partial charge in [0.1, 0.15) is 12.4 Å². The van der Waals surface area contributed by atoms with Crippen LogP contribution in [0.3, 0.4) is 0 Å². The Kier molecular flexibility index (Phi) is 8.60. The number of hydrogen-bond donors (Lipinski definition) is 1. The Morgan fingerprint density at radius 1 is 0.964 bits per heavy atom. The van der Waals surface area contributed by atoms with Gasteiger partial charge in [0, 0.05) is 44.2 Å². The average Bonchev–Trinajstić information content (AvgIpc) is 2.68. The number of nitrogens with zero attached hydrogens (tertiary/aromatic N) is 1. The van der Waals surface area contributed by atoms with Crippen LogP contribution in [0.1, 0.15) is 30.0 Å². The third kappa shape index (κ3) is 6.69. The van der Waals surface area contributed by atoms with Crippen LogP contribution in [0, 0.1) is 0 Å². The van der Waals surface area contributed by atoms with E-state index in [2.05, 4.69) is 10.2 Å². The zero-order valence-electron chi connectivity index (χ0n) is 15.6. The molecule has 1 atom stereocenters. The SMILES string of the molecule is Cl.FC(F)(F)CC[C@H](c1ccccc1OCc1ccccc1)N1CCNCC1. The standard InChI is InChI=1S/C21H25F3N2O.ClH/c22-21(23,24)11-10-19(26-14-12-25-13-15-26)18-8-4-5-9-20(18)27-16-17-6-2-1-3-7-17;/h1-9,19,25H,10-16H2;1H/t19-;/m1./s1. The molecule has 3 nitrogen and oxygen atoms in total. The van der Waals surface area contributed by atoms with Gasteiger partial charge in [-0.15, -0.1) is 12.4 Å². The molecule has 1 N–H and O–H groups in total. The zero-order chi connectivity index (χ0) is 19.1. The van der Waals surface area contributed by atoms with E-state index in [0.29, 0.717) is 12.4 Å². The second-order valence-corrected chi connectivity index (χ2v) is 6.77. The van der Waals surface area contributed by atoms with Crippen molar-refractivity contribution in [2.45, 2.75) is 31.7 Å². The van der Waals surface area contributed by atoms with Crippen molar-refractivity contribution < 1.29 is 17.9 Å². The van der Waals surface area contributed by atoms with Crippen LogP contribution in [0.5, 0.6) is 5.75 Å². The molecule has 2 aromatic carbocycles. The molecule has 0 bridgehead atoms. The van der Waals surface area contributed by atoms with E-state index in [1.807, 2.05) is 54.6 Å².